The van der Waals surface area contributed by atoms with Crippen molar-refractivity contribution in [2.24, 2.45) is 0 Å². The van der Waals surface area contributed by atoms with Gasteiger partial charge in [-0.15, -0.1) is 0 Å². The summed E-state index contributed by atoms with van der Waals surface area (Å²) in [5, 5.41) is 12.1. The van der Waals surface area contributed by atoms with E-state index in [0.717, 1.165) is 22.9 Å². The first-order valence-electron chi connectivity index (χ1n) is 6.94. The molecular weight excluding hydrogens is 336 g/mol. The van der Waals surface area contributed by atoms with E-state index in [1.165, 1.54) is 4.90 Å². The van der Waals surface area contributed by atoms with Crippen LogP contribution in [0, 0.1) is 0 Å². The van der Waals surface area contributed by atoms with Gasteiger partial charge in [-0.25, -0.2) is 9.59 Å². The molecule has 1 aromatic rings. The van der Waals surface area contributed by atoms with Crippen molar-refractivity contribution in [3.8, 4) is 0 Å². The molecule has 2 amide bonds. The monoisotopic (exact) mass is 354 g/mol. The normalized spacial score (nSPS) is 16.5. The van der Waals surface area contributed by atoms with E-state index in [0.29, 0.717) is 19.4 Å². The van der Waals surface area contributed by atoms with Gasteiger partial charge in [0.15, 0.2) is 0 Å². The Kier molecular flexibility index (Phi) is 4.88. The van der Waals surface area contributed by atoms with Crippen LogP contribution in [0.3, 0.4) is 0 Å². The fourth-order valence-electron chi connectivity index (χ4n) is 2.61. The smallest absolute Gasteiger partial charge is 0.329 e. The summed E-state index contributed by atoms with van der Waals surface area (Å²) in [5.74, 6) is -0.939. The third-order valence-corrected chi connectivity index (χ3v) is 4.42. The van der Waals surface area contributed by atoms with Crippen LogP contribution in [0.4, 0.5) is 4.79 Å². The van der Waals surface area contributed by atoms with Crippen LogP contribution in [0.5, 0.6) is 0 Å². The van der Waals surface area contributed by atoms with E-state index in [1.54, 1.807) is 7.05 Å². The Balaban J connectivity index is 1.99. The van der Waals surface area contributed by atoms with E-state index in [1.807, 2.05) is 24.3 Å². The molecule has 0 unspecified atom stereocenters. The zero-order chi connectivity index (χ0) is 15.5. The van der Waals surface area contributed by atoms with E-state index in [4.69, 9.17) is 0 Å². The van der Waals surface area contributed by atoms with E-state index in [-0.39, 0.29) is 6.03 Å². The summed E-state index contributed by atoms with van der Waals surface area (Å²) in [6.45, 7) is 0.439. The summed E-state index contributed by atoms with van der Waals surface area (Å²) in [7, 11) is 1.67. The van der Waals surface area contributed by atoms with Crippen molar-refractivity contribution in [1.82, 2.24) is 10.2 Å². The van der Waals surface area contributed by atoms with Gasteiger partial charge >= 0.3 is 12.0 Å². The first-order chi connectivity index (χ1) is 9.93. The number of halogens is 1. The molecule has 6 heteroatoms. The largest absolute Gasteiger partial charge is 0.480 e. The number of amides is 2. The highest BCUT2D eigenvalue weighted by Gasteiger charge is 2.43. The van der Waals surface area contributed by atoms with Gasteiger partial charge in [-0.05, 0) is 30.5 Å². The summed E-state index contributed by atoms with van der Waals surface area (Å²) in [5.41, 5.74) is -0.0999. The molecule has 0 heterocycles. The number of carbonyl (C=O) groups is 2. The number of carboxylic acids is 1. The molecule has 1 aromatic carbocycles. The molecule has 0 saturated heterocycles. The van der Waals surface area contributed by atoms with Gasteiger partial charge in [0.05, 0.1) is 0 Å². The van der Waals surface area contributed by atoms with Crippen LogP contribution in [-0.2, 0) is 11.3 Å². The van der Waals surface area contributed by atoms with Crippen LogP contribution in [0.25, 0.3) is 0 Å². The fourth-order valence-corrected chi connectivity index (χ4v) is 2.87. The quantitative estimate of drug-likeness (QED) is 0.872. The molecule has 1 aliphatic rings. The van der Waals surface area contributed by atoms with E-state index in [2.05, 4.69) is 21.2 Å². The Morgan fingerprint density at radius 2 is 1.86 bits per heavy atom. The zero-order valence-corrected chi connectivity index (χ0v) is 13.5. The fraction of sp³-hybridized carbons (Fsp3) is 0.467. The lowest BCUT2D eigenvalue weighted by molar-refractivity contribution is -0.144. The Morgan fingerprint density at radius 1 is 1.29 bits per heavy atom. The third kappa shape index (κ3) is 3.75. The highest BCUT2D eigenvalue weighted by Crippen LogP contribution is 2.30. The van der Waals surface area contributed by atoms with Crippen molar-refractivity contribution in [1.29, 1.82) is 0 Å². The van der Waals surface area contributed by atoms with Crippen LogP contribution in [0.2, 0.25) is 0 Å². The van der Waals surface area contributed by atoms with Crippen molar-refractivity contribution in [3.05, 3.63) is 34.3 Å². The Labute approximate surface area is 132 Å². The highest BCUT2D eigenvalue weighted by molar-refractivity contribution is 9.10. The summed E-state index contributed by atoms with van der Waals surface area (Å²) in [4.78, 5) is 25.2. The summed E-state index contributed by atoms with van der Waals surface area (Å²) in [6, 6.07) is 7.34. The number of urea groups is 1. The molecule has 0 aromatic heterocycles. The summed E-state index contributed by atoms with van der Waals surface area (Å²) < 4.78 is 0.981. The number of hydrogen-bond acceptors (Lipinski definition) is 2. The average molecular weight is 355 g/mol. The molecule has 0 bridgehead atoms. The Hall–Kier alpha value is -1.56. The van der Waals surface area contributed by atoms with Crippen LogP contribution < -0.4 is 5.32 Å². The lowest BCUT2D eigenvalue weighted by Crippen LogP contribution is -2.55. The molecule has 1 saturated carbocycles. The Bertz CT molecular complexity index is 524. The number of carbonyl (C=O) groups excluding carboxylic acids is 1. The van der Waals surface area contributed by atoms with Crippen LogP contribution in [-0.4, -0.2) is 34.6 Å². The second-order valence-corrected chi connectivity index (χ2v) is 6.42. The minimum atomic E-state index is -1.09. The van der Waals surface area contributed by atoms with Crippen LogP contribution in [0.15, 0.2) is 28.7 Å². The highest BCUT2D eigenvalue weighted by atomic mass is 79.9. The van der Waals surface area contributed by atoms with Crippen molar-refractivity contribution in [2.45, 2.75) is 37.8 Å². The summed E-state index contributed by atoms with van der Waals surface area (Å²) in [6.07, 6.45) is 2.67. The van der Waals surface area contributed by atoms with Gasteiger partial charge in [0.1, 0.15) is 5.54 Å². The second-order valence-electron chi connectivity index (χ2n) is 5.51. The predicted molar refractivity (Wildman–Crippen MR) is 83.0 cm³/mol. The first kappa shape index (κ1) is 15.8. The molecular formula is C15H19BrN2O3. The first-order valence-corrected chi connectivity index (χ1v) is 7.73. The number of carboxylic acid groups (broad SMARTS) is 1. The van der Waals surface area contributed by atoms with Gasteiger partial charge in [-0.3, -0.25) is 0 Å². The van der Waals surface area contributed by atoms with Crippen molar-refractivity contribution in [2.75, 3.05) is 7.05 Å². The minimum Gasteiger partial charge on any atom is -0.480 e. The van der Waals surface area contributed by atoms with Crippen molar-refractivity contribution in [3.63, 3.8) is 0 Å². The molecule has 2 N–H and O–H groups in total. The number of hydrogen-bond donors (Lipinski definition) is 2. The maximum atomic E-state index is 12.2. The second kappa shape index (κ2) is 6.47. The SMILES string of the molecule is CN(Cc1ccc(Br)cc1)C(=O)NC1(C(=O)O)CCCC1. The van der Waals surface area contributed by atoms with Crippen LogP contribution >= 0.6 is 15.9 Å². The molecule has 114 valence electrons. The maximum Gasteiger partial charge on any atom is 0.329 e. The van der Waals surface area contributed by atoms with Gasteiger partial charge < -0.3 is 15.3 Å². The molecule has 21 heavy (non-hydrogen) atoms. The van der Waals surface area contributed by atoms with Gasteiger partial charge in [-0.1, -0.05) is 40.9 Å². The van der Waals surface area contributed by atoms with Gasteiger partial charge in [0.25, 0.3) is 0 Å². The standard InChI is InChI=1S/C15H19BrN2O3/c1-18(10-11-4-6-12(16)7-5-11)14(21)17-15(13(19)20)8-2-3-9-15/h4-7H,2-3,8-10H2,1H3,(H,17,21)(H,19,20). The zero-order valence-electron chi connectivity index (χ0n) is 11.9. The minimum absolute atomic E-state index is 0.345. The molecule has 5 nitrogen and oxygen atoms in total. The lowest BCUT2D eigenvalue weighted by Gasteiger charge is -2.28. The summed E-state index contributed by atoms with van der Waals surface area (Å²) >= 11 is 3.36. The molecule has 0 spiro atoms. The van der Waals surface area contributed by atoms with Crippen molar-refractivity contribution >= 4 is 27.9 Å². The van der Waals surface area contributed by atoms with Gasteiger partial charge in [0.2, 0.25) is 0 Å². The molecule has 0 radical (unpaired) electrons. The van der Waals surface area contributed by atoms with Gasteiger partial charge in [-0.2, -0.15) is 0 Å². The van der Waals surface area contributed by atoms with E-state index in [9.17, 15) is 14.7 Å². The number of benzene rings is 1. The van der Waals surface area contributed by atoms with Crippen molar-refractivity contribution < 1.29 is 14.7 Å². The molecule has 1 aliphatic carbocycles. The Morgan fingerprint density at radius 3 is 2.38 bits per heavy atom. The maximum absolute atomic E-state index is 12.2. The lowest BCUT2D eigenvalue weighted by atomic mass is 9.98. The van der Waals surface area contributed by atoms with Gasteiger partial charge in [0, 0.05) is 18.1 Å². The number of aliphatic carboxylic acids is 1. The molecule has 0 aliphatic heterocycles. The average Bonchev–Trinajstić information content (AvgIpc) is 2.91. The van der Waals surface area contributed by atoms with E-state index >= 15 is 0 Å². The topological polar surface area (TPSA) is 69.6 Å². The number of rotatable bonds is 4. The molecule has 0 atom stereocenters. The predicted octanol–water partition coefficient (Wildman–Crippen LogP) is 2.99. The van der Waals surface area contributed by atoms with Crippen LogP contribution in [0.1, 0.15) is 31.2 Å². The molecule has 1 fully saturated rings. The van der Waals surface area contributed by atoms with E-state index < -0.39 is 11.5 Å². The number of nitrogens with zero attached hydrogens (tertiary/aromatic N) is 1. The third-order valence-electron chi connectivity index (χ3n) is 3.89. The molecule has 2 rings (SSSR count). The number of nitrogens with one attached hydrogen (secondary N) is 1.